The van der Waals surface area contributed by atoms with Crippen LogP contribution in [0.15, 0.2) is 30.3 Å². The predicted molar refractivity (Wildman–Crippen MR) is 106 cm³/mol. The molecule has 0 fully saturated rings. The number of methoxy groups -OCH3 is 1. The summed E-state index contributed by atoms with van der Waals surface area (Å²) >= 11 is 6.16. The summed E-state index contributed by atoms with van der Waals surface area (Å²) in [5.74, 6) is 0.0722. The zero-order valence-corrected chi connectivity index (χ0v) is 16.6. The molecule has 0 atom stereocenters. The van der Waals surface area contributed by atoms with Crippen LogP contribution in [0.25, 0.3) is 6.08 Å². The number of benzene rings is 1. The van der Waals surface area contributed by atoms with Crippen LogP contribution >= 0.6 is 11.6 Å². The summed E-state index contributed by atoms with van der Waals surface area (Å²) in [6.45, 7) is 3.97. The SMILES string of the molecule is CCN(CC(=O)Nc1cccc(OC)c1)C(=O)/C=C/c1c(C)nn(C)c1Cl. The van der Waals surface area contributed by atoms with Gasteiger partial charge in [-0.1, -0.05) is 17.7 Å². The van der Waals surface area contributed by atoms with Gasteiger partial charge < -0.3 is 15.0 Å². The van der Waals surface area contributed by atoms with Crippen molar-refractivity contribution in [1.82, 2.24) is 14.7 Å². The van der Waals surface area contributed by atoms with Gasteiger partial charge in [0.2, 0.25) is 11.8 Å². The highest BCUT2D eigenvalue weighted by Gasteiger charge is 2.15. The zero-order chi connectivity index (χ0) is 20.0. The van der Waals surface area contributed by atoms with E-state index in [0.717, 1.165) is 5.69 Å². The third kappa shape index (κ3) is 5.34. The summed E-state index contributed by atoms with van der Waals surface area (Å²) in [5, 5.41) is 7.41. The number of ether oxygens (including phenoxy) is 1. The van der Waals surface area contributed by atoms with Gasteiger partial charge in [-0.05, 0) is 32.1 Å². The number of anilines is 1. The number of nitrogens with one attached hydrogen (secondary N) is 1. The molecule has 0 spiro atoms. The van der Waals surface area contributed by atoms with E-state index in [1.165, 1.54) is 11.0 Å². The first-order chi connectivity index (χ1) is 12.8. The van der Waals surface area contributed by atoms with Crippen molar-refractivity contribution in [2.45, 2.75) is 13.8 Å². The van der Waals surface area contributed by atoms with Gasteiger partial charge in [-0.15, -0.1) is 0 Å². The zero-order valence-electron chi connectivity index (χ0n) is 15.8. The molecule has 1 heterocycles. The van der Waals surface area contributed by atoms with Crippen LogP contribution < -0.4 is 10.1 Å². The molecule has 2 rings (SSSR count). The summed E-state index contributed by atoms with van der Waals surface area (Å²) in [6.07, 6.45) is 3.02. The van der Waals surface area contributed by atoms with Crippen LogP contribution in [0.5, 0.6) is 5.75 Å². The summed E-state index contributed by atoms with van der Waals surface area (Å²) in [5.41, 5.74) is 2.02. The lowest BCUT2D eigenvalue weighted by atomic mass is 10.2. The first-order valence-electron chi connectivity index (χ1n) is 8.45. The van der Waals surface area contributed by atoms with Gasteiger partial charge >= 0.3 is 0 Å². The molecule has 0 radical (unpaired) electrons. The molecule has 0 aliphatic rings. The van der Waals surface area contributed by atoms with Crippen molar-refractivity contribution in [3.8, 4) is 5.75 Å². The van der Waals surface area contributed by atoms with Crippen LogP contribution in [0.1, 0.15) is 18.2 Å². The molecule has 7 nitrogen and oxygen atoms in total. The number of hydrogen-bond donors (Lipinski definition) is 1. The van der Waals surface area contributed by atoms with E-state index in [-0.39, 0.29) is 18.4 Å². The second-order valence-electron chi connectivity index (χ2n) is 5.88. The summed E-state index contributed by atoms with van der Waals surface area (Å²) in [4.78, 5) is 26.1. The van der Waals surface area contributed by atoms with E-state index in [1.807, 2.05) is 13.8 Å². The molecular formula is C19H23ClN4O3. The topological polar surface area (TPSA) is 76.5 Å². The van der Waals surface area contributed by atoms with Gasteiger partial charge in [-0.2, -0.15) is 5.10 Å². The van der Waals surface area contributed by atoms with Gasteiger partial charge in [0.15, 0.2) is 0 Å². The number of likely N-dealkylation sites (N-methyl/N-ethyl adjacent to an activating group) is 1. The van der Waals surface area contributed by atoms with E-state index in [2.05, 4.69) is 10.4 Å². The van der Waals surface area contributed by atoms with Crippen LogP contribution in [0.3, 0.4) is 0 Å². The number of amides is 2. The molecule has 144 valence electrons. The lowest BCUT2D eigenvalue weighted by Gasteiger charge is -2.18. The number of halogens is 1. The van der Waals surface area contributed by atoms with Crippen molar-refractivity contribution < 1.29 is 14.3 Å². The van der Waals surface area contributed by atoms with Gasteiger partial charge in [-0.3, -0.25) is 14.3 Å². The predicted octanol–water partition coefficient (Wildman–Crippen LogP) is 2.89. The highest BCUT2D eigenvalue weighted by Crippen LogP contribution is 2.20. The van der Waals surface area contributed by atoms with Crippen LogP contribution in [-0.4, -0.2) is 46.7 Å². The van der Waals surface area contributed by atoms with E-state index in [0.29, 0.717) is 28.7 Å². The highest BCUT2D eigenvalue weighted by molar-refractivity contribution is 6.31. The lowest BCUT2D eigenvalue weighted by Crippen LogP contribution is -2.36. The van der Waals surface area contributed by atoms with Gasteiger partial charge in [0, 0.05) is 37.0 Å². The maximum absolute atomic E-state index is 12.4. The van der Waals surface area contributed by atoms with Crippen molar-refractivity contribution in [3.63, 3.8) is 0 Å². The lowest BCUT2D eigenvalue weighted by molar-refractivity contribution is -0.130. The molecule has 0 aliphatic heterocycles. The quantitative estimate of drug-likeness (QED) is 0.737. The van der Waals surface area contributed by atoms with E-state index < -0.39 is 0 Å². The maximum atomic E-state index is 12.4. The highest BCUT2D eigenvalue weighted by atomic mass is 35.5. The Hall–Kier alpha value is -2.80. The summed E-state index contributed by atoms with van der Waals surface area (Å²) in [6, 6.07) is 7.03. The van der Waals surface area contributed by atoms with Gasteiger partial charge in [0.25, 0.3) is 0 Å². The molecule has 1 aromatic heterocycles. The minimum Gasteiger partial charge on any atom is -0.497 e. The number of hydrogen-bond acceptors (Lipinski definition) is 4. The van der Waals surface area contributed by atoms with Crippen molar-refractivity contribution in [1.29, 1.82) is 0 Å². The van der Waals surface area contributed by atoms with Crippen molar-refractivity contribution in [3.05, 3.63) is 46.8 Å². The van der Waals surface area contributed by atoms with Crippen LogP contribution in [0.2, 0.25) is 5.15 Å². The van der Waals surface area contributed by atoms with Crippen molar-refractivity contribution >= 4 is 35.2 Å². The maximum Gasteiger partial charge on any atom is 0.247 e. The average Bonchev–Trinajstić information content (AvgIpc) is 2.89. The molecule has 0 unspecified atom stereocenters. The van der Waals surface area contributed by atoms with Gasteiger partial charge in [0.1, 0.15) is 17.4 Å². The first-order valence-corrected chi connectivity index (χ1v) is 8.83. The Morgan fingerprint density at radius 3 is 2.74 bits per heavy atom. The second-order valence-corrected chi connectivity index (χ2v) is 6.24. The molecule has 0 aliphatic carbocycles. The fraction of sp³-hybridized carbons (Fsp3) is 0.316. The molecule has 0 bridgehead atoms. The molecule has 0 saturated heterocycles. The molecule has 27 heavy (non-hydrogen) atoms. The van der Waals surface area contributed by atoms with Gasteiger partial charge in [0.05, 0.1) is 12.8 Å². The summed E-state index contributed by atoms with van der Waals surface area (Å²) in [7, 11) is 3.29. The minimum absolute atomic E-state index is 0.0589. The van der Waals surface area contributed by atoms with E-state index >= 15 is 0 Å². The molecule has 0 saturated carbocycles. The largest absolute Gasteiger partial charge is 0.497 e. The normalized spacial score (nSPS) is 10.9. The van der Waals surface area contributed by atoms with E-state index in [4.69, 9.17) is 16.3 Å². The van der Waals surface area contributed by atoms with E-state index in [1.54, 1.807) is 49.2 Å². The molecule has 1 aromatic carbocycles. The Balaban J connectivity index is 2.01. The minimum atomic E-state index is -0.289. The third-order valence-electron chi connectivity index (χ3n) is 3.97. The first kappa shape index (κ1) is 20.5. The number of carbonyl (C=O) groups excluding carboxylic acids is 2. The van der Waals surface area contributed by atoms with Crippen LogP contribution in [-0.2, 0) is 16.6 Å². The average molecular weight is 391 g/mol. The third-order valence-corrected chi connectivity index (χ3v) is 4.42. The van der Waals surface area contributed by atoms with Crippen LogP contribution in [0.4, 0.5) is 5.69 Å². The fourth-order valence-electron chi connectivity index (χ4n) is 2.52. The smallest absolute Gasteiger partial charge is 0.247 e. The second kappa shape index (κ2) is 9.23. The van der Waals surface area contributed by atoms with Crippen molar-refractivity contribution in [2.75, 3.05) is 25.5 Å². The summed E-state index contributed by atoms with van der Waals surface area (Å²) < 4.78 is 6.67. The molecule has 1 N–H and O–H groups in total. The number of aromatic nitrogens is 2. The molecule has 2 amide bonds. The van der Waals surface area contributed by atoms with Gasteiger partial charge in [-0.25, -0.2) is 0 Å². The fourth-order valence-corrected chi connectivity index (χ4v) is 2.75. The Morgan fingerprint density at radius 2 is 2.15 bits per heavy atom. The van der Waals surface area contributed by atoms with Crippen molar-refractivity contribution in [2.24, 2.45) is 7.05 Å². The standard InChI is InChI=1S/C19H23ClN4O3/c1-5-24(12-17(25)21-14-7-6-8-15(11-14)27-4)18(26)10-9-16-13(2)22-23(3)19(16)20/h6-11H,5,12H2,1-4H3,(H,21,25)/b10-9+. The molecular weight excluding hydrogens is 368 g/mol. The monoisotopic (exact) mass is 390 g/mol. The number of aryl methyl sites for hydroxylation is 2. The Morgan fingerprint density at radius 1 is 1.41 bits per heavy atom. The molecule has 2 aromatic rings. The number of rotatable bonds is 7. The number of carbonyl (C=O) groups is 2. The molecule has 8 heteroatoms. The Labute approximate surface area is 163 Å². The van der Waals surface area contributed by atoms with Crippen LogP contribution in [0, 0.1) is 6.92 Å². The number of nitrogens with zero attached hydrogens (tertiary/aromatic N) is 3. The Bertz CT molecular complexity index is 861. The Kier molecular flexibility index (Phi) is 7.01. The van der Waals surface area contributed by atoms with E-state index in [9.17, 15) is 9.59 Å².